The highest BCUT2D eigenvalue weighted by Crippen LogP contribution is 2.14. The monoisotopic (exact) mass is 501 g/mol. The molecule has 0 bridgehead atoms. The van der Waals surface area contributed by atoms with E-state index in [1.807, 2.05) is 0 Å². The van der Waals surface area contributed by atoms with Gasteiger partial charge >= 0.3 is 0 Å². The first-order chi connectivity index (χ1) is 17.8. The van der Waals surface area contributed by atoms with Gasteiger partial charge in [0.2, 0.25) is 0 Å². The van der Waals surface area contributed by atoms with E-state index >= 15 is 0 Å². The summed E-state index contributed by atoms with van der Waals surface area (Å²) < 4.78 is 0. The van der Waals surface area contributed by atoms with Crippen LogP contribution in [0.2, 0.25) is 0 Å². The summed E-state index contributed by atoms with van der Waals surface area (Å²) >= 11 is 0. The van der Waals surface area contributed by atoms with Gasteiger partial charge in [-0.2, -0.15) is 0 Å². The molecule has 0 aliphatic carbocycles. The second-order valence-corrected chi connectivity index (χ2v) is 11.4. The third-order valence-electron chi connectivity index (χ3n) is 7.62. The Hall–Kier alpha value is -0.780. The van der Waals surface area contributed by atoms with Crippen molar-refractivity contribution in [3.63, 3.8) is 0 Å². The molecule has 0 saturated heterocycles. The van der Waals surface area contributed by atoms with Crippen molar-refractivity contribution in [3.05, 3.63) is 35.9 Å². The number of benzene rings is 1. The lowest BCUT2D eigenvalue weighted by atomic mass is 10.0. The summed E-state index contributed by atoms with van der Waals surface area (Å²) in [6, 6.07) is 10.9. The molecule has 0 aliphatic heterocycles. The molecule has 36 heavy (non-hydrogen) atoms. The first-order valence-corrected chi connectivity index (χ1v) is 16.9. The fourth-order valence-corrected chi connectivity index (χ4v) is 5.08. The Bertz CT molecular complexity index is 464. The van der Waals surface area contributed by atoms with Crippen LogP contribution in [0.5, 0.6) is 0 Å². The van der Waals surface area contributed by atoms with Crippen molar-refractivity contribution >= 4 is 0 Å². The van der Waals surface area contributed by atoms with Crippen molar-refractivity contribution < 1.29 is 0 Å². The molecule has 0 saturated carbocycles. The summed E-state index contributed by atoms with van der Waals surface area (Å²) in [5.41, 5.74) is 1.50. The van der Waals surface area contributed by atoms with E-state index in [-0.39, 0.29) is 0 Å². The zero-order valence-corrected chi connectivity index (χ0v) is 25.5. The lowest BCUT2D eigenvalue weighted by molar-refractivity contribution is 0.539. The van der Waals surface area contributed by atoms with Crippen molar-refractivity contribution in [1.29, 1.82) is 0 Å². The van der Waals surface area contributed by atoms with E-state index in [0.717, 1.165) is 0 Å². The third kappa shape index (κ3) is 29.5. The van der Waals surface area contributed by atoms with Crippen LogP contribution in [-0.4, -0.2) is 0 Å². The molecule has 212 valence electrons. The molecule has 0 aliphatic rings. The van der Waals surface area contributed by atoms with Gasteiger partial charge in [-0.25, -0.2) is 0 Å². The lowest BCUT2D eigenvalue weighted by Crippen LogP contribution is -1.86. The largest absolute Gasteiger partial charge is 0.0654 e. The Kier molecular flexibility index (Phi) is 31.6. The highest BCUT2D eigenvalue weighted by molar-refractivity contribution is 5.14. The first kappa shape index (κ1) is 35.2. The van der Waals surface area contributed by atoms with E-state index in [0.29, 0.717) is 0 Å². The van der Waals surface area contributed by atoms with Gasteiger partial charge in [0, 0.05) is 0 Å². The Labute approximate surface area is 229 Å². The van der Waals surface area contributed by atoms with E-state index < -0.39 is 0 Å². The maximum atomic E-state index is 2.29. The molecule has 1 aromatic rings. The maximum absolute atomic E-state index is 2.29. The van der Waals surface area contributed by atoms with Gasteiger partial charge in [0.15, 0.2) is 0 Å². The van der Waals surface area contributed by atoms with Gasteiger partial charge in [-0.05, 0) is 18.4 Å². The standard InChI is InChI=1S/C21H36.C15H32/c1-2-3-4-5-6-7-8-9-10-11-12-13-15-18-21-19-16-14-17-20-21;1-3-5-7-9-11-13-15-14-12-10-8-6-4-2/h14,16-17,19-20H,2-13,15,18H2,1H3;3-15H2,1-2H3. The number of hydrogen-bond donors (Lipinski definition) is 0. The summed E-state index contributed by atoms with van der Waals surface area (Å²) in [5.74, 6) is 0. The summed E-state index contributed by atoms with van der Waals surface area (Å²) in [6.07, 6.45) is 38.9. The number of aryl methyl sites for hydroxylation is 1. The Morgan fingerprint density at radius 2 is 0.556 bits per heavy atom. The van der Waals surface area contributed by atoms with E-state index in [1.54, 1.807) is 0 Å². The average Bonchev–Trinajstić information content (AvgIpc) is 2.91. The smallest absolute Gasteiger partial charge is 0.0279 e. The van der Waals surface area contributed by atoms with Crippen LogP contribution in [0, 0.1) is 0 Å². The number of unbranched alkanes of at least 4 members (excludes halogenated alkanes) is 24. The molecule has 0 heteroatoms. The molecule has 0 aromatic heterocycles. The third-order valence-corrected chi connectivity index (χ3v) is 7.62. The van der Waals surface area contributed by atoms with Crippen molar-refractivity contribution in [2.75, 3.05) is 0 Å². The first-order valence-electron chi connectivity index (χ1n) is 16.9. The SMILES string of the molecule is CCCCCCCCCCCCCCC.CCCCCCCCCCCCCCCc1ccccc1. The van der Waals surface area contributed by atoms with Crippen LogP contribution in [0.3, 0.4) is 0 Å². The van der Waals surface area contributed by atoms with Gasteiger partial charge in [0.25, 0.3) is 0 Å². The Morgan fingerprint density at radius 3 is 0.833 bits per heavy atom. The zero-order chi connectivity index (χ0) is 26.2. The molecular weight excluding hydrogens is 432 g/mol. The second-order valence-electron chi connectivity index (χ2n) is 11.4. The van der Waals surface area contributed by atoms with Crippen molar-refractivity contribution in [2.24, 2.45) is 0 Å². The summed E-state index contributed by atoms with van der Waals surface area (Å²) in [7, 11) is 0. The van der Waals surface area contributed by atoms with Crippen molar-refractivity contribution in [2.45, 2.75) is 194 Å². The van der Waals surface area contributed by atoms with Crippen molar-refractivity contribution in [3.8, 4) is 0 Å². The normalized spacial score (nSPS) is 10.9. The highest BCUT2D eigenvalue weighted by Gasteiger charge is 1.95. The summed E-state index contributed by atoms with van der Waals surface area (Å²) in [6.45, 7) is 6.87. The van der Waals surface area contributed by atoms with Crippen LogP contribution in [0.4, 0.5) is 0 Å². The molecule has 0 unspecified atom stereocenters. The van der Waals surface area contributed by atoms with Gasteiger partial charge in [0.1, 0.15) is 0 Å². The topological polar surface area (TPSA) is 0 Å². The van der Waals surface area contributed by atoms with Gasteiger partial charge in [-0.1, -0.05) is 212 Å². The van der Waals surface area contributed by atoms with Gasteiger partial charge in [0.05, 0.1) is 0 Å². The van der Waals surface area contributed by atoms with E-state index in [1.165, 1.54) is 179 Å². The molecule has 0 radical (unpaired) electrons. The van der Waals surface area contributed by atoms with E-state index in [4.69, 9.17) is 0 Å². The molecule has 0 N–H and O–H groups in total. The highest BCUT2D eigenvalue weighted by atomic mass is 14.0. The van der Waals surface area contributed by atoms with Crippen LogP contribution in [0.15, 0.2) is 30.3 Å². The predicted molar refractivity (Wildman–Crippen MR) is 167 cm³/mol. The molecule has 0 nitrogen and oxygen atoms in total. The number of hydrogen-bond acceptors (Lipinski definition) is 0. The fourth-order valence-electron chi connectivity index (χ4n) is 5.08. The van der Waals surface area contributed by atoms with Crippen LogP contribution in [0.1, 0.15) is 193 Å². The molecule has 1 rings (SSSR count). The summed E-state index contributed by atoms with van der Waals surface area (Å²) in [4.78, 5) is 0. The Balaban J connectivity index is 0.000000723. The second kappa shape index (κ2) is 32.2. The molecule has 0 amide bonds. The minimum absolute atomic E-state index is 1.26. The van der Waals surface area contributed by atoms with Gasteiger partial charge < -0.3 is 0 Å². The molecular formula is C36H68. The van der Waals surface area contributed by atoms with Crippen molar-refractivity contribution in [1.82, 2.24) is 0 Å². The predicted octanol–water partition coefficient (Wildman–Crippen LogP) is 13.4. The van der Waals surface area contributed by atoms with Crippen LogP contribution in [-0.2, 0) is 6.42 Å². The quantitative estimate of drug-likeness (QED) is 0.111. The number of rotatable bonds is 26. The Morgan fingerprint density at radius 1 is 0.306 bits per heavy atom. The zero-order valence-electron chi connectivity index (χ0n) is 25.5. The average molecular weight is 501 g/mol. The van der Waals surface area contributed by atoms with Crippen LogP contribution >= 0.6 is 0 Å². The minimum atomic E-state index is 1.26. The molecule has 0 fully saturated rings. The molecule has 0 spiro atoms. The van der Waals surface area contributed by atoms with Gasteiger partial charge in [-0.15, -0.1) is 0 Å². The van der Waals surface area contributed by atoms with E-state index in [9.17, 15) is 0 Å². The van der Waals surface area contributed by atoms with E-state index in [2.05, 4.69) is 51.1 Å². The lowest BCUT2D eigenvalue weighted by Gasteiger charge is -2.03. The molecule has 0 atom stereocenters. The van der Waals surface area contributed by atoms with Crippen LogP contribution < -0.4 is 0 Å². The molecule has 0 heterocycles. The maximum Gasteiger partial charge on any atom is -0.0279 e. The minimum Gasteiger partial charge on any atom is -0.0654 e. The molecule has 1 aromatic carbocycles. The summed E-state index contributed by atoms with van der Waals surface area (Å²) in [5, 5.41) is 0. The fraction of sp³-hybridized carbons (Fsp3) is 0.833. The van der Waals surface area contributed by atoms with Crippen LogP contribution in [0.25, 0.3) is 0 Å². The van der Waals surface area contributed by atoms with Gasteiger partial charge in [-0.3, -0.25) is 0 Å².